The van der Waals surface area contributed by atoms with E-state index in [-0.39, 0.29) is 11.9 Å². The maximum atomic E-state index is 11.6. The Morgan fingerprint density at radius 3 is 2.45 bits per heavy atom. The van der Waals surface area contributed by atoms with E-state index in [9.17, 15) is 9.59 Å². The van der Waals surface area contributed by atoms with Crippen molar-refractivity contribution >= 4 is 23.4 Å². The third kappa shape index (κ3) is 7.52. The number of rotatable bonds is 5. The second-order valence-corrected chi connectivity index (χ2v) is 6.19. The van der Waals surface area contributed by atoms with Crippen molar-refractivity contribution in [3.8, 4) is 0 Å². The Morgan fingerprint density at radius 2 is 1.86 bits per heavy atom. The first-order chi connectivity index (χ1) is 10.2. The van der Waals surface area contributed by atoms with Crippen molar-refractivity contribution in [3.63, 3.8) is 0 Å². The monoisotopic (exact) mass is 307 g/mol. The van der Waals surface area contributed by atoms with E-state index >= 15 is 0 Å². The van der Waals surface area contributed by atoms with E-state index in [1.54, 1.807) is 0 Å². The Hall–Kier alpha value is -2.24. The molecule has 3 N–H and O–H groups in total. The lowest BCUT2D eigenvalue weighted by Crippen LogP contribution is -2.38. The molecule has 0 saturated carbocycles. The molecule has 1 rings (SSSR count). The van der Waals surface area contributed by atoms with Crippen LogP contribution in [0.25, 0.3) is 0 Å². The predicted molar refractivity (Wildman–Crippen MR) is 88.1 cm³/mol. The van der Waals surface area contributed by atoms with Gasteiger partial charge in [-0.15, -0.1) is 0 Å². The average molecular weight is 307 g/mol. The van der Waals surface area contributed by atoms with Gasteiger partial charge < -0.3 is 20.7 Å². The van der Waals surface area contributed by atoms with Crippen LogP contribution in [0, 0.1) is 0 Å². The number of carbonyl (C=O) groups excluding carboxylic acids is 2. The molecule has 22 heavy (non-hydrogen) atoms. The van der Waals surface area contributed by atoms with E-state index in [2.05, 4.69) is 16.0 Å². The summed E-state index contributed by atoms with van der Waals surface area (Å²) in [4.78, 5) is 22.6. The van der Waals surface area contributed by atoms with Gasteiger partial charge in [0.25, 0.3) is 0 Å². The molecule has 0 bridgehead atoms. The highest BCUT2D eigenvalue weighted by Gasteiger charge is 2.16. The van der Waals surface area contributed by atoms with Gasteiger partial charge in [0, 0.05) is 30.9 Å². The normalized spacial score (nSPS) is 12.2. The molecule has 0 radical (unpaired) electrons. The fourth-order valence-corrected chi connectivity index (χ4v) is 1.78. The van der Waals surface area contributed by atoms with Crippen LogP contribution in [0.3, 0.4) is 0 Å². The van der Waals surface area contributed by atoms with Crippen LogP contribution in [-0.4, -0.2) is 30.2 Å². The highest BCUT2D eigenvalue weighted by atomic mass is 16.6. The number of amides is 2. The Morgan fingerprint density at radius 1 is 1.23 bits per heavy atom. The van der Waals surface area contributed by atoms with Crippen LogP contribution in [0.15, 0.2) is 24.3 Å². The maximum Gasteiger partial charge on any atom is 0.407 e. The van der Waals surface area contributed by atoms with Crippen molar-refractivity contribution in [2.75, 3.05) is 17.2 Å². The van der Waals surface area contributed by atoms with Crippen LogP contribution in [0.2, 0.25) is 0 Å². The first kappa shape index (κ1) is 17.8. The van der Waals surface area contributed by atoms with Gasteiger partial charge in [0.2, 0.25) is 5.91 Å². The van der Waals surface area contributed by atoms with Crippen LogP contribution in [-0.2, 0) is 9.53 Å². The molecule has 0 aromatic heterocycles. The molecule has 0 aliphatic rings. The molecule has 0 heterocycles. The van der Waals surface area contributed by atoms with E-state index in [1.165, 1.54) is 6.92 Å². The molecule has 2 amide bonds. The Bertz CT molecular complexity index is 524. The number of hydrogen-bond donors (Lipinski definition) is 3. The third-order valence-electron chi connectivity index (χ3n) is 2.55. The molecular weight excluding hydrogens is 282 g/mol. The van der Waals surface area contributed by atoms with E-state index in [0.29, 0.717) is 6.54 Å². The number of carbonyl (C=O) groups is 2. The number of nitrogens with one attached hydrogen (secondary N) is 3. The van der Waals surface area contributed by atoms with Crippen molar-refractivity contribution < 1.29 is 14.3 Å². The second kappa shape index (κ2) is 7.68. The van der Waals surface area contributed by atoms with E-state index in [4.69, 9.17) is 4.74 Å². The zero-order valence-electron chi connectivity index (χ0n) is 13.8. The molecule has 6 heteroatoms. The zero-order valence-corrected chi connectivity index (χ0v) is 13.8. The van der Waals surface area contributed by atoms with Crippen LogP contribution < -0.4 is 16.0 Å². The first-order valence-electron chi connectivity index (χ1n) is 7.27. The molecule has 0 aliphatic heterocycles. The molecule has 0 fully saturated rings. The van der Waals surface area contributed by atoms with Crippen LogP contribution in [0.5, 0.6) is 0 Å². The maximum absolute atomic E-state index is 11.6. The molecule has 1 unspecified atom stereocenters. The number of anilines is 2. The van der Waals surface area contributed by atoms with Crippen LogP contribution in [0.4, 0.5) is 16.2 Å². The topological polar surface area (TPSA) is 79.5 Å². The van der Waals surface area contributed by atoms with E-state index < -0.39 is 11.7 Å². The lowest BCUT2D eigenvalue weighted by atomic mass is 10.2. The van der Waals surface area contributed by atoms with E-state index in [1.807, 2.05) is 52.0 Å². The number of ether oxygens (including phenoxy) is 1. The summed E-state index contributed by atoms with van der Waals surface area (Å²) in [6.07, 6.45) is -0.437. The summed E-state index contributed by atoms with van der Waals surface area (Å²) < 4.78 is 5.18. The van der Waals surface area contributed by atoms with Gasteiger partial charge in [-0.05, 0) is 45.9 Å². The molecule has 1 atom stereocenters. The minimum absolute atomic E-state index is 0.0140. The molecule has 6 nitrogen and oxygen atoms in total. The van der Waals surface area contributed by atoms with Crippen LogP contribution in [0.1, 0.15) is 34.6 Å². The van der Waals surface area contributed by atoms with Crippen molar-refractivity contribution in [1.29, 1.82) is 0 Å². The Kier molecular flexibility index (Phi) is 6.22. The summed E-state index contributed by atoms with van der Waals surface area (Å²) in [5.74, 6) is -0.114. The average Bonchev–Trinajstić information content (AvgIpc) is 2.34. The number of alkyl carbamates (subject to hydrolysis) is 1. The molecule has 0 aliphatic carbocycles. The van der Waals surface area contributed by atoms with Gasteiger partial charge in [-0.1, -0.05) is 6.07 Å². The smallest absolute Gasteiger partial charge is 0.407 e. The molecule has 0 saturated heterocycles. The summed E-state index contributed by atoms with van der Waals surface area (Å²) in [5.41, 5.74) is 1.09. The van der Waals surface area contributed by atoms with Gasteiger partial charge in [-0.2, -0.15) is 0 Å². The highest BCUT2D eigenvalue weighted by Crippen LogP contribution is 2.15. The third-order valence-corrected chi connectivity index (χ3v) is 2.55. The Labute approximate surface area is 131 Å². The van der Waals surface area contributed by atoms with Crippen molar-refractivity contribution in [2.24, 2.45) is 0 Å². The predicted octanol–water partition coefficient (Wildman–Crippen LogP) is 2.97. The molecule has 1 aromatic carbocycles. The van der Waals surface area contributed by atoms with Gasteiger partial charge in [0.05, 0.1) is 0 Å². The van der Waals surface area contributed by atoms with Gasteiger partial charge in [-0.25, -0.2) is 4.79 Å². The van der Waals surface area contributed by atoms with Gasteiger partial charge in [0.15, 0.2) is 0 Å². The zero-order chi connectivity index (χ0) is 16.8. The van der Waals surface area contributed by atoms with Gasteiger partial charge in [-0.3, -0.25) is 4.79 Å². The molecular formula is C16H25N3O3. The van der Waals surface area contributed by atoms with Gasteiger partial charge >= 0.3 is 6.09 Å². The largest absolute Gasteiger partial charge is 0.444 e. The molecule has 122 valence electrons. The summed E-state index contributed by atoms with van der Waals surface area (Å²) in [7, 11) is 0. The fraction of sp³-hybridized carbons (Fsp3) is 0.500. The molecule has 0 spiro atoms. The molecule has 1 aromatic rings. The summed E-state index contributed by atoms with van der Waals surface area (Å²) >= 11 is 0. The minimum Gasteiger partial charge on any atom is -0.444 e. The summed E-state index contributed by atoms with van der Waals surface area (Å²) in [5, 5.41) is 8.69. The number of benzene rings is 1. The Balaban J connectivity index is 2.46. The highest BCUT2D eigenvalue weighted by molar-refractivity contribution is 5.89. The lowest BCUT2D eigenvalue weighted by Gasteiger charge is -2.21. The van der Waals surface area contributed by atoms with Crippen molar-refractivity contribution in [3.05, 3.63) is 24.3 Å². The summed E-state index contributed by atoms with van der Waals surface area (Å²) in [6, 6.07) is 7.42. The number of hydrogen-bond acceptors (Lipinski definition) is 4. The van der Waals surface area contributed by atoms with Crippen molar-refractivity contribution in [1.82, 2.24) is 5.32 Å². The van der Waals surface area contributed by atoms with Gasteiger partial charge in [0.1, 0.15) is 5.60 Å². The second-order valence-electron chi connectivity index (χ2n) is 6.19. The summed E-state index contributed by atoms with van der Waals surface area (Å²) in [6.45, 7) is 9.31. The fourth-order valence-electron chi connectivity index (χ4n) is 1.78. The lowest BCUT2D eigenvalue weighted by molar-refractivity contribution is -0.114. The van der Waals surface area contributed by atoms with Crippen LogP contribution >= 0.6 is 0 Å². The SMILES string of the molecule is CC(=O)Nc1cccc(NC(C)CNC(=O)OC(C)(C)C)c1. The van der Waals surface area contributed by atoms with Crippen molar-refractivity contribution in [2.45, 2.75) is 46.3 Å². The minimum atomic E-state index is -0.507. The standard InChI is InChI=1S/C16H25N3O3/c1-11(10-17-15(21)22-16(3,4)5)18-13-7-6-8-14(9-13)19-12(2)20/h6-9,11,18H,10H2,1-5H3,(H,17,21)(H,19,20). The quantitative estimate of drug-likeness (QED) is 0.781. The van der Waals surface area contributed by atoms with E-state index in [0.717, 1.165) is 11.4 Å². The first-order valence-corrected chi connectivity index (χ1v) is 7.27.